The molecule has 142 valence electrons. The average Bonchev–Trinajstić information content (AvgIpc) is 3.16. The van der Waals surface area contributed by atoms with E-state index in [4.69, 9.17) is 27.9 Å². The summed E-state index contributed by atoms with van der Waals surface area (Å²) in [5.74, 6) is 0.923. The van der Waals surface area contributed by atoms with Gasteiger partial charge in [-0.05, 0) is 36.8 Å². The number of hydrogen-bond acceptors (Lipinski definition) is 5. The second kappa shape index (κ2) is 8.65. The Hall–Kier alpha value is -1.53. The summed E-state index contributed by atoms with van der Waals surface area (Å²) >= 11 is 14.1. The second-order valence-electron chi connectivity index (χ2n) is 6.59. The van der Waals surface area contributed by atoms with Gasteiger partial charge >= 0.3 is 0 Å². The average molecular weight is 422 g/mol. The molecule has 3 aromatic rings. The number of rotatable bonds is 6. The van der Waals surface area contributed by atoms with E-state index in [1.165, 1.54) is 4.70 Å². The molecule has 4 nitrogen and oxygen atoms in total. The number of hydrogen-bond donors (Lipinski definition) is 0. The monoisotopic (exact) mass is 421 g/mol. The Morgan fingerprint density at radius 2 is 1.93 bits per heavy atom. The van der Waals surface area contributed by atoms with E-state index in [2.05, 4.69) is 20.9 Å². The fourth-order valence-electron chi connectivity index (χ4n) is 3.35. The van der Waals surface area contributed by atoms with Crippen molar-refractivity contribution < 1.29 is 4.74 Å². The molecule has 0 bridgehead atoms. The van der Waals surface area contributed by atoms with Crippen molar-refractivity contribution in [2.24, 2.45) is 0 Å². The van der Waals surface area contributed by atoms with Crippen LogP contribution in [0.15, 0.2) is 41.9 Å². The van der Waals surface area contributed by atoms with Gasteiger partial charge in [-0.15, -0.1) is 11.3 Å². The minimum absolute atomic E-state index is 0.616. The molecule has 0 radical (unpaired) electrons. The fraction of sp³-hybridized carbons (Fsp3) is 0.350. The van der Waals surface area contributed by atoms with Crippen LogP contribution in [0.25, 0.3) is 10.2 Å². The van der Waals surface area contributed by atoms with Crippen LogP contribution in [0.5, 0.6) is 5.75 Å². The van der Waals surface area contributed by atoms with Crippen LogP contribution in [0.4, 0.5) is 5.69 Å². The lowest BCUT2D eigenvalue weighted by Crippen LogP contribution is -2.46. The molecule has 1 fully saturated rings. The van der Waals surface area contributed by atoms with Crippen molar-refractivity contribution in [2.45, 2.75) is 6.42 Å². The van der Waals surface area contributed by atoms with E-state index in [9.17, 15) is 0 Å². The smallest absolute Gasteiger partial charge is 0.120 e. The number of aromatic nitrogens is 1. The van der Waals surface area contributed by atoms with Crippen LogP contribution in [0.2, 0.25) is 10.0 Å². The Kier molecular flexibility index (Phi) is 6.03. The third kappa shape index (κ3) is 4.49. The van der Waals surface area contributed by atoms with Crippen LogP contribution >= 0.6 is 34.5 Å². The molecule has 0 unspecified atom stereocenters. The van der Waals surface area contributed by atoms with Gasteiger partial charge < -0.3 is 9.64 Å². The molecule has 0 aliphatic carbocycles. The molecule has 0 amide bonds. The molecule has 1 saturated heterocycles. The van der Waals surface area contributed by atoms with E-state index in [1.807, 2.05) is 35.8 Å². The Bertz CT molecular complexity index is 909. The standard InChI is InChI=1S/C20H21Cl2N3OS/c21-16-3-1-4-18(20(16)22)25-10-8-24(9-11-25)7-2-12-26-15-5-6-17-19(13-15)27-14-23-17/h1,3-6,13-14H,2,7-12H2. The zero-order valence-electron chi connectivity index (χ0n) is 14.9. The summed E-state index contributed by atoms with van der Waals surface area (Å²) in [6.07, 6.45) is 1.01. The van der Waals surface area contributed by atoms with Crippen LogP contribution in [0, 0.1) is 0 Å². The molecule has 2 aromatic carbocycles. The Morgan fingerprint density at radius 1 is 1.07 bits per heavy atom. The van der Waals surface area contributed by atoms with E-state index in [0.717, 1.165) is 62.7 Å². The minimum atomic E-state index is 0.616. The number of halogens is 2. The van der Waals surface area contributed by atoms with Gasteiger partial charge in [0.25, 0.3) is 0 Å². The maximum absolute atomic E-state index is 6.35. The van der Waals surface area contributed by atoms with Crippen molar-refractivity contribution in [3.8, 4) is 5.75 Å². The molecule has 0 spiro atoms. The van der Waals surface area contributed by atoms with Crippen molar-refractivity contribution >= 4 is 50.4 Å². The highest BCUT2D eigenvalue weighted by atomic mass is 35.5. The Balaban J connectivity index is 1.21. The van der Waals surface area contributed by atoms with Crippen LogP contribution in [0.3, 0.4) is 0 Å². The molecular weight excluding hydrogens is 401 g/mol. The molecule has 2 heterocycles. The highest BCUT2D eigenvalue weighted by molar-refractivity contribution is 7.16. The zero-order chi connectivity index (χ0) is 18.6. The summed E-state index contributed by atoms with van der Waals surface area (Å²) in [5.41, 5.74) is 3.93. The van der Waals surface area contributed by atoms with Gasteiger partial charge in [-0.2, -0.15) is 0 Å². The van der Waals surface area contributed by atoms with E-state index >= 15 is 0 Å². The first-order valence-corrected chi connectivity index (χ1v) is 10.7. The highest BCUT2D eigenvalue weighted by Gasteiger charge is 2.19. The second-order valence-corrected chi connectivity index (χ2v) is 8.26. The molecule has 1 aliphatic heterocycles. The van der Waals surface area contributed by atoms with Crippen molar-refractivity contribution in [2.75, 3.05) is 44.2 Å². The number of thiazole rings is 1. The van der Waals surface area contributed by atoms with Crippen LogP contribution in [-0.4, -0.2) is 49.2 Å². The van der Waals surface area contributed by atoms with Gasteiger partial charge in [0.15, 0.2) is 0 Å². The van der Waals surface area contributed by atoms with Gasteiger partial charge in [0.2, 0.25) is 0 Å². The molecule has 0 N–H and O–H groups in total. The third-order valence-electron chi connectivity index (χ3n) is 4.83. The van der Waals surface area contributed by atoms with Crippen molar-refractivity contribution in [1.82, 2.24) is 9.88 Å². The maximum Gasteiger partial charge on any atom is 0.120 e. The predicted molar refractivity (Wildman–Crippen MR) is 115 cm³/mol. The lowest BCUT2D eigenvalue weighted by Gasteiger charge is -2.36. The summed E-state index contributed by atoms with van der Waals surface area (Å²) < 4.78 is 7.07. The zero-order valence-corrected chi connectivity index (χ0v) is 17.2. The quantitative estimate of drug-likeness (QED) is 0.511. The SMILES string of the molecule is Clc1cccc(N2CCN(CCCOc3ccc4ncsc4c3)CC2)c1Cl. The summed E-state index contributed by atoms with van der Waals surface area (Å²) in [6, 6.07) is 11.9. The fourth-order valence-corrected chi connectivity index (χ4v) is 4.47. The lowest BCUT2D eigenvalue weighted by molar-refractivity contribution is 0.225. The molecule has 0 atom stereocenters. The van der Waals surface area contributed by atoms with Crippen molar-refractivity contribution in [3.05, 3.63) is 52.0 Å². The van der Waals surface area contributed by atoms with Gasteiger partial charge in [-0.1, -0.05) is 29.3 Å². The van der Waals surface area contributed by atoms with Crippen molar-refractivity contribution in [1.29, 1.82) is 0 Å². The predicted octanol–water partition coefficient (Wildman–Crippen LogP) is 5.19. The molecule has 7 heteroatoms. The topological polar surface area (TPSA) is 28.6 Å². The Morgan fingerprint density at radius 3 is 2.78 bits per heavy atom. The number of ether oxygens (including phenoxy) is 1. The molecule has 1 aliphatic rings. The summed E-state index contributed by atoms with van der Waals surface area (Å²) in [7, 11) is 0. The minimum Gasteiger partial charge on any atom is -0.493 e. The lowest BCUT2D eigenvalue weighted by atomic mass is 10.2. The van der Waals surface area contributed by atoms with Crippen molar-refractivity contribution in [3.63, 3.8) is 0 Å². The van der Waals surface area contributed by atoms with E-state index in [1.54, 1.807) is 11.3 Å². The number of nitrogens with zero attached hydrogens (tertiary/aromatic N) is 3. The van der Waals surface area contributed by atoms with Crippen LogP contribution in [0.1, 0.15) is 6.42 Å². The first-order chi connectivity index (χ1) is 13.2. The number of benzene rings is 2. The van der Waals surface area contributed by atoms with Gasteiger partial charge in [0, 0.05) is 32.7 Å². The molecule has 0 saturated carbocycles. The Labute approximate surface area is 173 Å². The number of anilines is 1. The summed E-state index contributed by atoms with van der Waals surface area (Å²) in [5, 5.41) is 1.27. The highest BCUT2D eigenvalue weighted by Crippen LogP contribution is 2.32. The van der Waals surface area contributed by atoms with E-state index < -0.39 is 0 Å². The normalized spacial score (nSPS) is 15.4. The molecule has 1 aromatic heterocycles. The summed E-state index contributed by atoms with van der Waals surface area (Å²) in [4.78, 5) is 9.08. The first-order valence-electron chi connectivity index (χ1n) is 9.08. The number of piperazine rings is 1. The third-order valence-corrected chi connectivity index (χ3v) is 6.44. The molecular formula is C20H21Cl2N3OS. The van der Waals surface area contributed by atoms with Gasteiger partial charge in [-0.3, -0.25) is 4.90 Å². The maximum atomic E-state index is 6.35. The van der Waals surface area contributed by atoms with E-state index in [-0.39, 0.29) is 0 Å². The first kappa shape index (κ1) is 18.8. The summed E-state index contributed by atoms with van der Waals surface area (Å²) in [6.45, 7) is 5.74. The largest absolute Gasteiger partial charge is 0.493 e. The number of fused-ring (bicyclic) bond motifs is 1. The van der Waals surface area contributed by atoms with E-state index in [0.29, 0.717) is 10.0 Å². The van der Waals surface area contributed by atoms with Gasteiger partial charge in [-0.25, -0.2) is 4.98 Å². The van der Waals surface area contributed by atoms with Gasteiger partial charge in [0.1, 0.15) is 5.75 Å². The molecule has 4 rings (SSSR count). The molecule has 27 heavy (non-hydrogen) atoms. The van der Waals surface area contributed by atoms with Crippen LogP contribution < -0.4 is 9.64 Å². The van der Waals surface area contributed by atoms with Crippen LogP contribution in [-0.2, 0) is 0 Å². The van der Waals surface area contributed by atoms with Gasteiger partial charge in [0.05, 0.1) is 38.1 Å².